The van der Waals surface area contributed by atoms with Gasteiger partial charge in [0.2, 0.25) is 0 Å². The van der Waals surface area contributed by atoms with E-state index in [9.17, 15) is 19.2 Å². The van der Waals surface area contributed by atoms with Crippen LogP contribution in [0, 0.1) is 0 Å². The summed E-state index contributed by atoms with van der Waals surface area (Å²) in [6, 6.07) is 3.49. The molecule has 4 amide bonds. The summed E-state index contributed by atoms with van der Waals surface area (Å²) in [6.07, 6.45) is 12.4. The Labute approximate surface area is 439 Å². The van der Waals surface area contributed by atoms with E-state index in [1.54, 1.807) is 63.9 Å². The predicted molar refractivity (Wildman–Crippen MR) is 284 cm³/mol. The molecule has 2 saturated heterocycles. The predicted octanol–water partition coefficient (Wildman–Crippen LogP) is 9.99. The van der Waals surface area contributed by atoms with Gasteiger partial charge in [0, 0.05) is 105 Å². The van der Waals surface area contributed by atoms with Gasteiger partial charge in [0.15, 0.2) is 11.3 Å². The highest BCUT2D eigenvalue weighted by Gasteiger charge is 2.34. The molecule has 2 fully saturated rings. The summed E-state index contributed by atoms with van der Waals surface area (Å²) in [7, 11) is 3.70. The van der Waals surface area contributed by atoms with E-state index in [1.807, 2.05) is 129 Å². The molecule has 2 aliphatic heterocycles. The minimum Gasteiger partial charge on any atom is -0.444 e. The molecule has 1 N–H and O–H groups in total. The third kappa shape index (κ3) is 14.1. The summed E-state index contributed by atoms with van der Waals surface area (Å²) in [6.45, 7) is 28.2. The van der Waals surface area contributed by atoms with Gasteiger partial charge in [0.1, 0.15) is 34.0 Å². The molecule has 8 rings (SSSR count). The van der Waals surface area contributed by atoms with Gasteiger partial charge in [-0.2, -0.15) is 29.4 Å². The highest BCUT2D eigenvalue weighted by molar-refractivity contribution is 5.89. The molecule has 406 valence electrons. The fourth-order valence-corrected chi connectivity index (χ4v) is 8.86. The van der Waals surface area contributed by atoms with Crippen LogP contribution >= 0.6 is 0 Å². The first-order valence-electron chi connectivity index (χ1n) is 25.7. The number of amides is 4. The molecule has 22 nitrogen and oxygen atoms in total. The third-order valence-electron chi connectivity index (χ3n) is 12.0. The highest BCUT2D eigenvalue weighted by atomic mass is 16.6. The molecule has 0 bridgehead atoms. The van der Waals surface area contributed by atoms with Crippen molar-refractivity contribution < 1.29 is 38.1 Å². The van der Waals surface area contributed by atoms with E-state index in [2.05, 4.69) is 25.7 Å². The molecule has 75 heavy (non-hydrogen) atoms. The van der Waals surface area contributed by atoms with Gasteiger partial charge in [-0.1, -0.05) is 0 Å². The number of nitrogens with zero attached hydrogens (tertiary/aromatic N) is 13. The van der Waals surface area contributed by atoms with Crippen LogP contribution in [0.4, 0.5) is 30.8 Å². The first-order valence-corrected chi connectivity index (χ1v) is 25.7. The van der Waals surface area contributed by atoms with E-state index < -0.39 is 34.6 Å². The van der Waals surface area contributed by atoms with Crippen LogP contribution in [0.25, 0.3) is 33.5 Å². The number of nitrogens with one attached hydrogen (secondary N) is 1. The van der Waals surface area contributed by atoms with E-state index in [1.165, 1.54) is 0 Å². The van der Waals surface area contributed by atoms with E-state index in [0.717, 1.165) is 59.3 Å². The standard InChI is InChI=1S/C28H41N7O4.C25H35N7O4/c1-18(2)34(26(37)39-28(6,7)8)23-13-22(19-11-10-12-33(17-19)25(36)38-27(3,4)5)31-24-21(15-30-35(23)24)20-14-29-32(9)16-20;1-24(2,3)35-22(33)29-20-11-19(16-9-8-10-31(15-16)23(34)36-25(4,5)6)28-21-18(13-27-32(20)21)17-12-26-30(7)14-17/h13-16,18-19H,10-12,17H2,1-9H3;11-14,16H,8-10,15H2,1-7H3,(H,29,33). The van der Waals surface area contributed by atoms with Gasteiger partial charge in [-0.25, -0.2) is 29.1 Å². The van der Waals surface area contributed by atoms with Crippen molar-refractivity contribution in [3.05, 3.63) is 60.7 Å². The summed E-state index contributed by atoms with van der Waals surface area (Å²) in [5.41, 5.74) is 3.60. The molecule has 6 aromatic heterocycles. The van der Waals surface area contributed by atoms with Crippen LogP contribution in [0.1, 0.15) is 146 Å². The lowest BCUT2D eigenvalue weighted by molar-refractivity contribution is 0.0187. The number of piperidine rings is 2. The Morgan fingerprint density at radius 1 is 0.600 bits per heavy atom. The second kappa shape index (κ2) is 21.5. The molecule has 0 spiro atoms. The molecule has 0 radical (unpaired) electrons. The minimum absolute atomic E-state index is 0.0351. The molecule has 2 unspecified atom stereocenters. The molecule has 2 aliphatic rings. The maximum atomic E-state index is 13.4. The number of anilines is 2. The number of ether oxygens (including phenoxy) is 4. The van der Waals surface area contributed by atoms with Crippen molar-refractivity contribution in [2.45, 2.75) is 163 Å². The summed E-state index contributed by atoms with van der Waals surface area (Å²) in [4.78, 5) is 66.8. The second-order valence-corrected chi connectivity index (χ2v) is 23.6. The van der Waals surface area contributed by atoms with Gasteiger partial charge < -0.3 is 28.7 Å². The molecular formula is C53H76N14O8. The van der Waals surface area contributed by atoms with Crippen LogP contribution < -0.4 is 10.2 Å². The summed E-state index contributed by atoms with van der Waals surface area (Å²) < 4.78 is 29.2. The van der Waals surface area contributed by atoms with Gasteiger partial charge in [-0.05, 0) is 123 Å². The maximum Gasteiger partial charge on any atom is 0.416 e. The smallest absolute Gasteiger partial charge is 0.416 e. The number of carbonyl (C=O) groups is 4. The van der Waals surface area contributed by atoms with Crippen molar-refractivity contribution in [2.24, 2.45) is 14.1 Å². The van der Waals surface area contributed by atoms with Crippen LogP contribution in [0.2, 0.25) is 0 Å². The van der Waals surface area contributed by atoms with Crippen molar-refractivity contribution in [3.8, 4) is 22.3 Å². The van der Waals surface area contributed by atoms with Crippen molar-refractivity contribution in [1.29, 1.82) is 0 Å². The zero-order valence-corrected chi connectivity index (χ0v) is 46.6. The topological polar surface area (TPSA) is 223 Å². The molecule has 0 aliphatic carbocycles. The quantitative estimate of drug-likeness (QED) is 0.147. The Morgan fingerprint density at radius 2 is 1.04 bits per heavy atom. The van der Waals surface area contributed by atoms with Crippen LogP contribution in [-0.2, 0) is 33.0 Å². The van der Waals surface area contributed by atoms with E-state index in [-0.39, 0.29) is 30.1 Å². The number of fused-ring (bicyclic) bond motifs is 2. The van der Waals surface area contributed by atoms with Gasteiger partial charge in [0.25, 0.3) is 0 Å². The number of rotatable bonds is 7. The van der Waals surface area contributed by atoms with Crippen molar-refractivity contribution in [1.82, 2.24) is 58.6 Å². The lowest BCUT2D eigenvalue weighted by Crippen LogP contribution is -2.43. The lowest BCUT2D eigenvalue weighted by Gasteiger charge is -2.34. The Hall–Kier alpha value is -7.26. The van der Waals surface area contributed by atoms with Crippen LogP contribution in [0.5, 0.6) is 0 Å². The average molecular weight is 1040 g/mol. The van der Waals surface area contributed by atoms with Crippen molar-refractivity contribution >= 4 is 47.3 Å². The molecule has 8 heterocycles. The number of hydrogen-bond donors (Lipinski definition) is 1. The number of carbonyl (C=O) groups excluding carboxylic acids is 4. The van der Waals surface area contributed by atoms with Gasteiger partial charge in [-0.15, -0.1) is 0 Å². The normalized spacial score (nSPS) is 16.7. The fourth-order valence-electron chi connectivity index (χ4n) is 8.86. The molecule has 0 aromatic carbocycles. The fraction of sp³-hybridized carbons (Fsp3) is 0.585. The Morgan fingerprint density at radius 3 is 1.47 bits per heavy atom. The Balaban J connectivity index is 0.000000219. The van der Waals surface area contributed by atoms with Crippen LogP contribution in [0.15, 0.2) is 49.3 Å². The summed E-state index contributed by atoms with van der Waals surface area (Å²) in [5, 5.41) is 20.5. The largest absolute Gasteiger partial charge is 0.444 e. The Bertz CT molecular complexity index is 3010. The molecule has 2 atom stereocenters. The van der Waals surface area contributed by atoms with Gasteiger partial charge in [-0.3, -0.25) is 19.6 Å². The SMILES string of the molecule is CC(C)N(C(=O)OC(C)(C)C)c1cc(C2CCCN(C(=O)OC(C)(C)C)C2)nc2c(-c3cnn(C)c3)cnn12.Cn1cc(-c2cnn3c(NC(=O)OC(C)(C)C)cc(C4CCCN(C(=O)OC(C)(C)C)C4)nc23)cn1. The number of hydrogen-bond acceptors (Lipinski definition) is 14. The molecular weight excluding hydrogens is 961 g/mol. The van der Waals surface area contributed by atoms with Crippen LogP contribution in [-0.4, -0.2) is 138 Å². The maximum absolute atomic E-state index is 13.4. The van der Waals surface area contributed by atoms with Crippen LogP contribution in [0.3, 0.4) is 0 Å². The first-order chi connectivity index (χ1) is 34.9. The number of aromatic nitrogens is 10. The number of likely N-dealkylation sites (tertiary alicyclic amines) is 2. The van der Waals surface area contributed by atoms with Gasteiger partial charge in [0.05, 0.1) is 36.2 Å². The third-order valence-corrected chi connectivity index (χ3v) is 12.0. The van der Waals surface area contributed by atoms with E-state index in [0.29, 0.717) is 49.1 Å². The summed E-state index contributed by atoms with van der Waals surface area (Å²) >= 11 is 0. The monoisotopic (exact) mass is 1040 g/mol. The lowest BCUT2D eigenvalue weighted by atomic mass is 9.94. The minimum atomic E-state index is -0.665. The number of aryl methyl sites for hydroxylation is 2. The first kappa shape index (κ1) is 55.5. The second-order valence-electron chi connectivity index (χ2n) is 23.6. The summed E-state index contributed by atoms with van der Waals surface area (Å²) in [5.74, 6) is 0.920. The van der Waals surface area contributed by atoms with E-state index in [4.69, 9.17) is 28.9 Å². The average Bonchev–Trinajstić information content (AvgIpc) is 4.11. The van der Waals surface area contributed by atoms with Crippen molar-refractivity contribution in [3.63, 3.8) is 0 Å². The zero-order valence-electron chi connectivity index (χ0n) is 46.6. The van der Waals surface area contributed by atoms with E-state index >= 15 is 0 Å². The highest BCUT2D eigenvalue weighted by Crippen LogP contribution is 2.35. The molecule has 6 aromatic rings. The Kier molecular flexibility index (Phi) is 15.9. The molecule has 22 heteroatoms. The molecule has 0 saturated carbocycles. The van der Waals surface area contributed by atoms with Gasteiger partial charge >= 0.3 is 24.4 Å². The zero-order chi connectivity index (χ0) is 54.9. The van der Waals surface area contributed by atoms with Crippen molar-refractivity contribution in [2.75, 3.05) is 36.4 Å².